The number of aryl methyl sites for hydroxylation is 1. The monoisotopic (exact) mass is 512 g/mol. The number of ether oxygens (including phenoxy) is 1. The molecule has 36 heavy (non-hydrogen) atoms. The van der Waals surface area contributed by atoms with Gasteiger partial charge >= 0.3 is 0 Å². The average Bonchev–Trinajstić information content (AvgIpc) is 3.27. The lowest BCUT2D eigenvalue weighted by Crippen LogP contribution is -2.38. The first kappa shape index (κ1) is 29.6. The highest BCUT2D eigenvalue weighted by Gasteiger charge is 2.24. The van der Waals surface area contributed by atoms with Crippen molar-refractivity contribution in [1.82, 2.24) is 10.2 Å². The maximum absolute atomic E-state index is 12.4. The number of nitrogens with zero attached hydrogens (tertiary/aromatic N) is 2. The van der Waals surface area contributed by atoms with Crippen LogP contribution < -0.4 is 15.8 Å². The Morgan fingerprint density at radius 3 is 2.58 bits per heavy atom. The van der Waals surface area contributed by atoms with Gasteiger partial charge in [0.05, 0.1) is 11.6 Å². The van der Waals surface area contributed by atoms with Crippen molar-refractivity contribution in [2.45, 2.75) is 79.5 Å². The van der Waals surface area contributed by atoms with E-state index in [0.717, 1.165) is 53.0 Å². The van der Waals surface area contributed by atoms with Crippen molar-refractivity contribution in [1.29, 1.82) is 0 Å². The molecule has 1 aliphatic heterocycles. The average molecular weight is 513 g/mol. The summed E-state index contributed by atoms with van der Waals surface area (Å²) in [5.41, 5.74) is 11.2. The van der Waals surface area contributed by atoms with Gasteiger partial charge in [-0.1, -0.05) is 52.1 Å². The second-order valence-electron chi connectivity index (χ2n) is 10.3. The number of fused-ring (bicyclic) bond motifs is 1. The summed E-state index contributed by atoms with van der Waals surface area (Å²) >= 11 is 1.73. The molecule has 0 unspecified atom stereocenters. The predicted molar refractivity (Wildman–Crippen MR) is 153 cm³/mol. The molecule has 1 aromatic carbocycles. The van der Waals surface area contributed by atoms with Gasteiger partial charge in [0.25, 0.3) is 0 Å². The lowest BCUT2D eigenvalue weighted by atomic mass is 9.96. The third-order valence-electron chi connectivity index (χ3n) is 6.26. The van der Waals surface area contributed by atoms with Crippen molar-refractivity contribution in [3.05, 3.63) is 57.9 Å². The van der Waals surface area contributed by atoms with E-state index in [9.17, 15) is 4.79 Å². The number of allylic oxidation sites excluding steroid dienone is 2. The molecule has 7 heteroatoms. The van der Waals surface area contributed by atoms with E-state index < -0.39 is 5.41 Å². The van der Waals surface area contributed by atoms with E-state index in [1.165, 1.54) is 16.7 Å². The molecule has 1 amide bonds. The van der Waals surface area contributed by atoms with Crippen molar-refractivity contribution < 1.29 is 9.53 Å². The van der Waals surface area contributed by atoms with Crippen LogP contribution in [0.1, 0.15) is 72.4 Å². The number of hydrogen-bond acceptors (Lipinski definition) is 5. The maximum Gasteiger partial charge on any atom is 0.225 e. The summed E-state index contributed by atoms with van der Waals surface area (Å²) in [6.45, 7) is 22.0. The number of amidine groups is 1. The van der Waals surface area contributed by atoms with Crippen molar-refractivity contribution in [3.63, 3.8) is 0 Å². The van der Waals surface area contributed by atoms with Gasteiger partial charge in [0.2, 0.25) is 5.91 Å². The molecule has 0 saturated heterocycles. The maximum atomic E-state index is 12.4. The Morgan fingerprint density at radius 2 is 2.00 bits per heavy atom. The third kappa shape index (κ3) is 7.66. The Kier molecular flexibility index (Phi) is 10.7. The van der Waals surface area contributed by atoms with E-state index in [-0.39, 0.29) is 5.91 Å². The summed E-state index contributed by atoms with van der Waals surface area (Å²) in [7, 11) is 0. The van der Waals surface area contributed by atoms with Crippen molar-refractivity contribution in [2.75, 3.05) is 19.7 Å². The normalized spacial score (nSPS) is 14.9. The van der Waals surface area contributed by atoms with E-state index in [2.05, 4.69) is 54.7 Å². The second kappa shape index (κ2) is 13.0. The van der Waals surface area contributed by atoms with Crippen LogP contribution in [-0.4, -0.2) is 36.3 Å². The van der Waals surface area contributed by atoms with Gasteiger partial charge in [-0.15, -0.1) is 0 Å². The van der Waals surface area contributed by atoms with Crippen molar-refractivity contribution in [2.24, 2.45) is 16.1 Å². The Balaban J connectivity index is 2.47. The number of nitrogens with one attached hydrogen (secondary N) is 1. The summed E-state index contributed by atoms with van der Waals surface area (Å²) in [5.74, 6) is 1.80. The van der Waals surface area contributed by atoms with Crippen LogP contribution in [0.4, 0.5) is 0 Å². The summed E-state index contributed by atoms with van der Waals surface area (Å²) in [4.78, 5) is 20.5. The van der Waals surface area contributed by atoms with Crippen molar-refractivity contribution >= 4 is 23.5 Å². The number of nitrogens with two attached hydrogens (primary N) is 1. The molecule has 1 aliphatic rings. The molecule has 3 N–H and O–H groups in total. The van der Waals surface area contributed by atoms with Gasteiger partial charge in [0, 0.05) is 47.3 Å². The Labute approximate surface area is 222 Å². The molecule has 0 aromatic heterocycles. The second-order valence-corrected chi connectivity index (χ2v) is 11.4. The van der Waals surface area contributed by atoms with Gasteiger partial charge in [0.1, 0.15) is 11.6 Å². The topological polar surface area (TPSA) is 80.0 Å². The fraction of sp³-hybridized carbons (Fsp3) is 0.517. The van der Waals surface area contributed by atoms with Crippen LogP contribution in [0.2, 0.25) is 0 Å². The highest BCUT2D eigenvalue weighted by atomic mass is 32.2. The van der Waals surface area contributed by atoms with Crippen LogP contribution in [0.3, 0.4) is 0 Å². The lowest BCUT2D eigenvalue weighted by molar-refractivity contribution is -0.128. The van der Waals surface area contributed by atoms with Crippen LogP contribution in [0, 0.1) is 12.3 Å². The number of carbonyl (C=O) groups excluding carboxylic acids is 1. The van der Waals surface area contributed by atoms with Gasteiger partial charge in [-0.05, 0) is 63.3 Å². The fourth-order valence-electron chi connectivity index (χ4n) is 3.71. The third-order valence-corrected chi connectivity index (χ3v) is 7.68. The van der Waals surface area contributed by atoms with Gasteiger partial charge in [-0.2, -0.15) is 0 Å². The first-order valence-electron chi connectivity index (χ1n) is 12.7. The minimum Gasteiger partial charge on any atom is -0.493 e. The summed E-state index contributed by atoms with van der Waals surface area (Å²) in [6, 6.07) is 4.40. The van der Waals surface area contributed by atoms with Crippen LogP contribution >= 0.6 is 11.8 Å². The Morgan fingerprint density at radius 1 is 1.31 bits per heavy atom. The quantitative estimate of drug-likeness (QED) is 0.166. The zero-order valence-electron chi connectivity index (χ0n) is 23.4. The minimum absolute atomic E-state index is 0.0477. The van der Waals surface area contributed by atoms with Gasteiger partial charge in [0.15, 0.2) is 0 Å². The molecule has 1 heterocycles. The van der Waals surface area contributed by atoms with Crippen LogP contribution in [-0.2, 0) is 11.2 Å². The number of aliphatic imine (C=N–C) groups is 1. The zero-order chi connectivity index (χ0) is 27.0. The molecular weight excluding hydrogens is 468 g/mol. The van der Waals surface area contributed by atoms with Gasteiger partial charge in [-0.3, -0.25) is 4.79 Å². The summed E-state index contributed by atoms with van der Waals surface area (Å²) in [6.07, 6.45) is 4.17. The molecule has 0 radical (unpaired) electrons. The van der Waals surface area contributed by atoms with E-state index in [1.54, 1.807) is 18.0 Å². The molecule has 1 aromatic rings. The lowest BCUT2D eigenvalue weighted by Gasteiger charge is -2.31. The van der Waals surface area contributed by atoms with E-state index in [4.69, 9.17) is 10.5 Å². The largest absolute Gasteiger partial charge is 0.493 e. The molecule has 2 rings (SSSR count). The first-order chi connectivity index (χ1) is 16.9. The van der Waals surface area contributed by atoms with Crippen LogP contribution in [0.5, 0.6) is 5.75 Å². The van der Waals surface area contributed by atoms with E-state index >= 15 is 0 Å². The number of carbonyl (C=O) groups is 1. The standard InChI is InChI=1S/C29H44N4O2S/c1-10-19(3)27(36-25-18-24-23(13-16-35-24)17-20(25)4)33(26(31-11-2)21(5)22(6)30)15-12-14-32-28(34)29(7,8)9/h11,17-18H,2,10,12-16,30H2,1,3-9H3,(H,32,34)/b22-21+,27-19+,31-26+. The van der Waals surface area contributed by atoms with Gasteiger partial charge in [-0.25, -0.2) is 4.99 Å². The SMILES string of the molecule is C=C/N=C(\C(C)=C(/C)N)N(CCCNC(=O)C(C)(C)C)/C(Sc1cc2c(cc1C)CCO2)=C(/C)CC. The van der Waals surface area contributed by atoms with Crippen LogP contribution in [0.25, 0.3) is 0 Å². The minimum atomic E-state index is -0.419. The predicted octanol–water partition coefficient (Wildman–Crippen LogP) is 6.31. The molecule has 6 nitrogen and oxygen atoms in total. The molecular formula is C29H44N4O2S. The zero-order valence-corrected chi connectivity index (χ0v) is 24.2. The highest BCUT2D eigenvalue weighted by Crippen LogP contribution is 2.40. The highest BCUT2D eigenvalue weighted by molar-refractivity contribution is 8.03. The molecule has 0 atom stereocenters. The number of rotatable bonds is 10. The Bertz CT molecular complexity index is 1060. The van der Waals surface area contributed by atoms with E-state index in [0.29, 0.717) is 18.8 Å². The molecule has 198 valence electrons. The number of benzene rings is 1. The molecule has 0 aliphatic carbocycles. The number of thioether (sulfide) groups is 1. The fourth-order valence-corrected chi connectivity index (χ4v) is 4.91. The smallest absolute Gasteiger partial charge is 0.225 e. The molecule has 0 saturated carbocycles. The molecule has 0 bridgehead atoms. The first-order valence-corrected chi connectivity index (χ1v) is 13.5. The van der Waals surface area contributed by atoms with Crippen LogP contribution in [0.15, 0.2) is 56.7 Å². The van der Waals surface area contributed by atoms with Gasteiger partial charge < -0.3 is 20.7 Å². The van der Waals surface area contributed by atoms with E-state index in [1.807, 2.05) is 34.6 Å². The molecule has 0 fully saturated rings. The number of amides is 1. The Hall–Kier alpha value is -2.67. The summed E-state index contributed by atoms with van der Waals surface area (Å²) < 4.78 is 5.86. The van der Waals surface area contributed by atoms with Crippen molar-refractivity contribution in [3.8, 4) is 5.75 Å². The molecule has 0 spiro atoms. The summed E-state index contributed by atoms with van der Waals surface area (Å²) in [5, 5.41) is 4.18. The number of hydrogen-bond donors (Lipinski definition) is 2.